The zero-order valence-electron chi connectivity index (χ0n) is 28.3. The number of carbonyl (C=O) groups is 2. The standard InChI is InChI=1S/C32H40N2O.C6H10O5.H2O.H2/c1-32(2,3)27-15-16-28(35-4)26(21-27)22-33-30-25-17-19-34(20-18-25)31(30)29(23-11-7-5-8-12-23)24-13-9-6-10-14-24;1-2-6(11,5(9)10)3-4(7)8;;/h5-16,21,25,29-31,33H,17-20,22H2,1-4H3;11H,2-3H2,1H3,(H,7,8)(H,9,10);1H2;1H/t30-,31-;;;/m0.../s1. The summed E-state index contributed by atoms with van der Waals surface area (Å²) in [6.45, 7) is 11.5. The fraction of sp³-hybridized carbons (Fsp3) is 0.474. The summed E-state index contributed by atoms with van der Waals surface area (Å²) < 4.78 is 5.78. The van der Waals surface area contributed by atoms with Gasteiger partial charge in [-0.25, -0.2) is 4.79 Å². The molecule has 3 saturated heterocycles. The molecule has 9 heteroatoms. The molecule has 0 saturated carbocycles. The first-order valence-electron chi connectivity index (χ1n) is 16.3. The Morgan fingerprint density at radius 3 is 1.94 bits per heavy atom. The number of aliphatic carboxylic acids is 2. The second-order valence-corrected chi connectivity index (χ2v) is 13.6. The number of rotatable bonds is 11. The molecule has 3 fully saturated rings. The Labute approximate surface area is 280 Å². The van der Waals surface area contributed by atoms with E-state index in [1.807, 2.05) is 0 Å². The molecule has 3 aliphatic heterocycles. The van der Waals surface area contributed by atoms with Crippen LogP contribution in [0.5, 0.6) is 5.75 Å². The van der Waals surface area contributed by atoms with Crippen molar-refractivity contribution in [2.45, 2.75) is 88.9 Å². The van der Waals surface area contributed by atoms with E-state index < -0.39 is 24.0 Å². The molecule has 3 heterocycles. The molecule has 3 atom stereocenters. The molecule has 2 bridgehead atoms. The summed E-state index contributed by atoms with van der Waals surface area (Å²) in [5, 5.41) is 29.7. The highest BCUT2D eigenvalue weighted by Crippen LogP contribution is 2.42. The lowest BCUT2D eigenvalue weighted by atomic mass is 9.70. The zero-order valence-corrected chi connectivity index (χ0v) is 28.3. The predicted octanol–water partition coefficient (Wildman–Crippen LogP) is 5.49. The van der Waals surface area contributed by atoms with Crippen molar-refractivity contribution in [2.24, 2.45) is 5.92 Å². The van der Waals surface area contributed by atoms with E-state index in [0.717, 1.165) is 12.3 Å². The Morgan fingerprint density at radius 2 is 1.51 bits per heavy atom. The SMILES string of the molecule is CCC(O)(CC(=O)O)C(=O)O.COc1ccc(C(C)(C)C)cc1CN[C@H]1C2CCN(CC2)[C@H]1C(c1ccccc1)c1ccccc1.O.[HH]. The fourth-order valence-corrected chi connectivity index (χ4v) is 6.91. The van der Waals surface area contributed by atoms with Crippen LogP contribution in [0, 0.1) is 5.92 Å². The summed E-state index contributed by atoms with van der Waals surface area (Å²) in [6.07, 6.45) is 1.68. The van der Waals surface area contributed by atoms with Crippen LogP contribution in [-0.2, 0) is 21.5 Å². The van der Waals surface area contributed by atoms with Crippen molar-refractivity contribution in [3.05, 3.63) is 101 Å². The third-order valence-electron chi connectivity index (χ3n) is 9.63. The lowest BCUT2D eigenvalue weighted by Crippen LogP contribution is -2.64. The van der Waals surface area contributed by atoms with Gasteiger partial charge in [0.05, 0.1) is 13.5 Å². The number of hydrogen-bond donors (Lipinski definition) is 4. The van der Waals surface area contributed by atoms with Crippen molar-refractivity contribution in [3.63, 3.8) is 0 Å². The molecule has 3 aliphatic rings. The van der Waals surface area contributed by atoms with Gasteiger partial charge in [0.2, 0.25) is 0 Å². The van der Waals surface area contributed by atoms with Crippen LogP contribution in [0.15, 0.2) is 78.9 Å². The summed E-state index contributed by atoms with van der Waals surface area (Å²) in [5.41, 5.74) is 3.43. The van der Waals surface area contributed by atoms with Gasteiger partial charge in [0.1, 0.15) is 5.75 Å². The molecule has 6 rings (SSSR count). The van der Waals surface area contributed by atoms with Crippen LogP contribution < -0.4 is 10.1 Å². The summed E-state index contributed by atoms with van der Waals surface area (Å²) >= 11 is 0. The Balaban J connectivity index is 0.000000534. The molecule has 3 aromatic carbocycles. The van der Waals surface area contributed by atoms with Gasteiger partial charge >= 0.3 is 11.9 Å². The number of hydrogen-bond acceptors (Lipinski definition) is 6. The molecular weight excluding hydrogens is 596 g/mol. The first kappa shape index (κ1) is 37.7. The Kier molecular flexibility index (Phi) is 13.1. The average molecular weight is 651 g/mol. The minimum absolute atomic E-state index is 0. The van der Waals surface area contributed by atoms with Crippen molar-refractivity contribution in [1.29, 1.82) is 0 Å². The topological polar surface area (TPSA) is 151 Å². The maximum atomic E-state index is 10.3. The van der Waals surface area contributed by atoms with Crippen LogP contribution in [0.4, 0.5) is 0 Å². The van der Waals surface area contributed by atoms with Gasteiger partial charge < -0.3 is 30.8 Å². The molecule has 6 N–H and O–H groups in total. The van der Waals surface area contributed by atoms with Gasteiger partial charge in [-0.05, 0) is 66.4 Å². The lowest BCUT2D eigenvalue weighted by molar-refractivity contribution is -0.165. The number of benzene rings is 3. The first-order valence-corrected chi connectivity index (χ1v) is 16.3. The van der Waals surface area contributed by atoms with Crippen molar-refractivity contribution >= 4 is 11.9 Å². The summed E-state index contributed by atoms with van der Waals surface area (Å²) in [4.78, 5) is 23.1. The van der Waals surface area contributed by atoms with E-state index in [9.17, 15) is 9.59 Å². The minimum atomic E-state index is -2.12. The monoisotopic (exact) mass is 650 g/mol. The third kappa shape index (κ3) is 9.20. The summed E-state index contributed by atoms with van der Waals surface area (Å²) in [6, 6.07) is 29.8. The largest absolute Gasteiger partial charge is 0.496 e. The number of ether oxygens (including phenoxy) is 1. The van der Waals surface area contributed by atoms with E-state index in [4.69, 9.17) is 20.1 Å². The van der Waals surface area contributed by atoms with E-state index in [0.29, 0.717) is 23.9 Å². The Bertz CT molecular complexity index is 1400. The van der Waals surface area contributed by atoms with Crippen LogP contribution in [0.3, 0.4) is 0 Å². The van der Waals surface area contributed by atoms with Gasteiger partial charge in [0.25, 0.3) is 0 Å². The number of fused-ring (bicyclic) bond motifs is 3. The number of carboxylic acid groups (broad SMARTS) is 2. The smallest absolute Gasteiger partial charge is 0.336 e. The maximum absolute atomic E-state index is 10.3. The normalized spacial score (nSPS) is 21.5. The molecule has 0 aromatic heterocycles. The number of nitrogens with one attached hydrogen (secondary N) is 1. The summed E-state index contributed by atoms with van der Waals surface area (Å²) in [5.74, 6) is -0.789. The van der Waals surface area contributed by atoms with E-state index in [2.05, 4.69) is 110 Å². The molecular formula is C38H54N2O7. The van der Waals surface area contributed by atoms with Gasteiger partial charge in [-0.1, -0.05) is 100 Å². The lowest BCUT2D eigenvalue weighted by Gasteiger charge is -2.54. The van der Waals surface area contributed by atoms with E-state index in [1.165, 1.54) is 55.1 Å². The zero-order chi connectivity index (χ0) is 33.5. The summed E-state index contributed by atoms with van der Waals surface area (Å²) in [7, 11) is 1.79. The highest BCUT2D eigenvalue weighted by Gasteiger charge is 2.46. The third-order valence-corrected chi connectivity index (χ3v) is 9.63. The Hall–Kier alpha value is -3.76. The molecule has 0 radical (unpaired) electrons. The fourth-order valence-electron chi connectivity index (χ4n) is 6.91. The predicted molar refractivity (Wildman–Crippen MR) is 186 cm³/mol. The molecule has 0 spiro atoms. The van der Waals surface area contributed by atoms with Gasteiger partial charge in [0, 0.05) is 31.5 Å². The number of aliphatic hydroxyl groups is 1. The highest BCUT2D eigenvalue weighted by molar-refractivity contribution is 5.83. The van der Waals surface area contributed by atoms with Gasteiger partial charge in [-0.2, -0.15) is 0 Å². The van der Waals surface area contributed by atoms with Gasteiger partial charge in [0.15, 0.2) is 5.60 Å². The number of carboxylic acids is 2. The van der Waals surface area contributed by atoms with Crippen LogP contribution in [-0.4, -0.2) is 75.5 Å². The van der Waals surface area contributed by atoms with Crippen molar-refractivity contribution < 1.29 is 36.5 Å². The number of nitrogens with zero attached hydrogens (tertiary/aromatic N) is 1. The van der Waals surface area contributed by atoms with E-state index >= 15 is 0 Å². The molecule has 9 nitrogen and oxygen atoms in total. The molecule has 3 aromatic rings. The van der Waals surface area contributed by atoms with Crippen molar-refractivity contribution in [3.8, 4) is 5.75 Å². The first-order chi connectivity index (χ1) is 21.9. The van der Waals surface area contributed by atoms with E-state index in [1.54, 1.807) is 7.11 Å². The van der Waals surface area contributed by atoms with Crippen LogP contribution in [0.1, 0.15) is 83.0 Å². The second-order valence-electron chi connectivity index (χ2n) is 13.6. The second kappa shape index (κ2) is 16.4. The average Bonchev–Trinajstić information content (AvgIpc) is 3.05. The maximum Gasteiger partial charge on any atom is 0.336 e. The van der Waals surface area contributed by atoms with Gasteiger partial charge in [-0.3, -0.25) is 9.69 Å². The molecule has 0 aliphatic carbocycles. The molecule has 258 valence electrons. The Morgan fingerprint density at radius 1 is 0.957 bits per heavy atom. The highest BCUT2D eigenvalue weighted by atomic mass is 16.5. The van der Waals surface area contributed by atoms with Gasteiger partial charge in [-0.15, -0.1) is 0 Å². The minimum Gasteiger partial charge on any atom is -0.496 e. The van der Waals surface area contributed by atoms with Crippen LogP contribution in [0.25, 0.3) is 0 Å². The molecule has 47 heavy (non-hydrogen) atoms. The molecule has 0 amide bonds. The van der Waals surface area contributed by atoms with E-state index in [-0.39, 0.29) is 18.7 Å². The quantitative estimate of drug-likeness (QED) is 0.213. The van der Waals surface area contributed by atoms with Crippen molar-refractivity contribution in [2.75, 3.05) is 20.2 Å². The molecule has 1 unspecified atom stereocenters. The van der Waals surface area contributed by atoms with Crippen molar-refractivity contribution in [1.82, 2.24) is 10.2 Å². The number of piperidine rings is 3. The number of methoxy groups -OCH3 is 1. The van der Waals surface area contributed by atoms with Crippen LogP contribution in [0.2, 0.25) is 0 Å². The van der Waals surface area contributed by atoms with Crippen LogP contribution >= 0.6 is 0 Å².